The molecule has 1 saturated carbocycles. The van der Waals surface area contributed by atoms with Crippen molar-refractivity contribution in [2.45, 2.75) is 102 Å². The number of nitrogens with two attached hydrogens (primary N) is 1. The van der Waals surface area contributed by atoms with Crippen LogP contribution in [0.2, 0.25) is 0 Å². The maximum Gasteiger partial charge on any atom is 0.269 e. The Morgan fingerprint density at radius 3 is 2.44 bits per heavy atom. The average molecular weight is 760 g/mol. The number of nitrogens with zero attached hydrogens (tertiary/aromatic N) is 2. The Kier molecular flexibility index (Phi) is 14.5. The van der Waals surface area contributed by atoms with Gasteiger partial charge in [0, 0.05) is 67.2 Å². The number of benzene rings is 2. The van der Waals surface area contributed by atoms with Crippen molar-refractivity contribution in [1.29, 1.82) is 0 Å². The molecule has 1 aliphatic heterocycles. The molecular formula is C40H53N7O8. The number of aromatic amines is 1. The minimum absolute atomic E-state index is 0.00816. The number of hydrogen-bond acceptors (Lipinski definition) is 10. The van der Waals surface area contributed by atoms with E-state index in [1.54, 1.807) is 6.20 Å². The van der Waals surface area contributed by atoms with Gasteiger partial charge in [-0.15, -0.1) is 0 Å². The Labute approximate surface area is 320 Å². The highest BCUT2D eigenvalue weighted by Crippen LogP contribution is 2.38. The van der Waals surface area contributed by atoms with Crippen LogP contribution < -0.4 is 26.4 Å². The van der Waals surface area contributed by atoms with Crippen molar-refractivity contribution < 1.29 is 33.9 Å². The summed E-state index contributed by atoms with van der Waals surface area (Å²) in [5, 5.41) is 31.6. The number of aliphatic hydroxyl groups is 1. The van der Waals surface area contributed by atoms with E-state index in [1.807, 2.05) is 44.2 Å². The maximum absolute atomic E-state index is 14.7. The number of Topliss-reactive ketones (excluding diaryl/α,β-unsaturated/α-hetero) is 1. The maximum atomic E-state index is 14.7. The highest BCUT2D eigenvalue weighted by atomic mass is 16.6. The van der Waals surface area contributed by atoms with Crippen molar-refractivity contribution in [3.8, 4) is 5.75 Å². The lowest BCUT2D eigenvalue weighted by atomic mass is 9.76. The lowest BCUT2D eigenvalue weighted by Gasteiger charge is -2.33. The van der Waals surface area contributed by atoms with E-state index in [0.717, 1.165) is 37.7 Å². The molecule has 0 saturated heterocycles. The first-order valence-electron chi connectivity index (χ1n) is 19.2. The minimum atomic E-state index is -1.52. The van der Waals surface area contributed by atoms with Crippen molar-refractivity contribution >= 4 is 29.2 Å². The summed E-state index contributed by atoms with van der Waals surface area (Å²) in [7, 11) is 0. The quantitative estimate of drug-likeness (QED) is 0.0772. The molecule has 0 bridgehead atoms. The van der Waals surface area contributed by atoms with E-state index < -0.39 is 64.5 Å². The zero-order chi connectivity index (χ0) is 39.5. The van der Waals surface area contributed by atoms with Crippen LogP contribution in [0.4, 0.5) is 5.69 Å². The van der Waals surface area contributed by atoms with Gasteiger partial charge in [0.25, 0.3) is 5.69 Å². The first-order valence-corrected chi connectivity index (χ1v) is 19.2. The summed E-state index contributed by atoms with van der Waals surface area (Å²) < 4.78 is 5.69. The summed E-state index contributed by atoms with van der Waals surface area (Å²) in [5.74, 6) is -2.95. The Morgan fingerprint density at radius 1 is 1.02 bits per heavy atom. The molecule has 1 fully saturated rings. The topological polar surface area (TPSA) is 232 Å². The molecule has 5 rings (SSSR count). The molecule has 1 aromatic heterocycles. The lowest BCUT2D eigenvalue weighted by Crippen LogP contribution is -2.58. The number of aromatic nitrogens is 2. The Bertz CT molecular complexity index is 1760. The second kappa shape index (κ2) is 19.4. The second-order valence-corrected chi connectivity index (χ2v) is 15.2. The number of carbonyl (C=O) groups is 4. The van der Waals surface area contributed by atoms with Crippen molar-refractivity contribution in [2.75, 3.05) is 13.2 Å². The number of hydrogen-bond donors (Lipinski definition) is 6. The molecule has 15 nitrogen and oxygen atoms in total. The number of non-ortho nitro benzene ring substituents is 1. The summed E-state index contributed by atoms with van der Waals surface area (Å²) in [6, 6.07) is 9.69. The van der Waals surface area contributed by atoms with Crippen LogP contribution >= 0.6 is 0 Å². The number of amides is 3. The van der Waals surface area contributed by atoms with Gasteiger partial charge < -0.3 is 36.5 Å². The largest absolute Gasteiger partial charge is 0.493 e. The number of aliphatic hydroxyl groups excluding tert-OH is 1. The fraction of sp³-hybridized carbons (Fsp3) is 0.525. The van der Waals surface area contributed by atoms with Gasteiger partial charge >= 0.3 is 0 Å². The molecule has 3 aromatic rings. The number of nitro benzene ring substituents is 1. The molecule has 0 spiro atoms. The van der Waals surface area contributed by atoms with Gasteiger partial charge in [-0.3, -0.25) is 29.3 Å². The number of rotatable bonds is 19. The third-order valence-electron chi connectivity index (χ3n) is 10.5. The van der Waals surface area contributed by atoms with E-state index in [9.17, 15) is 34.4 Å². The summed E-state index contributed by atoms with van der Waals surface area (Å²) in [6.45, 7) is 4.37. The summed E-state index contributed by atoms with van der Waals surface area (Å²) >= 11 is 0. The number of nitro groups is 1. The standard InChI is InChI=1S/C40H53N7O8/c1-24(2)20-43-40(52)36(41)38(50)31(15-25-9-5-3-6-10-25)37(49)32(18-28-21-42-23-44-28)46-39(51)33(16-26-11-7-4-8-12-26)45-35(48)17-27-22-55-34-14-13-29(47(53)54)19-30(27)34/h4,7-8,11-14,19,21,23-25,27,31-33,36,38,50H,3,5-6,9-10,15-18,20,22,41H2,1-2H3,(H,42,44)(H,43,52)(H,45,48)(H,46,51)/t27?,31-,32+,33+,36?,38+/m1/s1. The van der Waals surface area contributed by atoms with Crippen molar-refractivity contribution in [3.63, 3.8) is 0 Å². The first-order chi connectivity index (χ1) is 26.4. The SMILES string of the molecule is CC(C)CNC(=O)C(N)[C@@H](O)[C@H](CC1CCCCC1)C(=O)[C@H](Cc1cnc[nH]1)NC(=O)[C@H](Cc1ccccc1)NC(=O)CC1COc2ccc([N+](=O)[O-])cc21. The van der Waals surface area contributed by atoms with Gasteiger partial charge in [0.1, 0.15) is 17.8 Å². The average Bonchev–Trinajstić information content (AvgIpc) is 3.85. The van der Waals surface area contributed by atoms with Crippen molar-refractivity contribution in [1.82, 2.24) is 25.9 Å². The molecule has 7 N–H and O–H groups in total. The van der Waals surface area contributed by atoms with Gasteiger partial charge in [-0.2, -0.15) is 0 Å². The number of fused-ring (bicyclic) bond motifs is 1. The fourth-order valence-electron chi connectivity index (χ4n) is 7.49. The van der Waals surface area contributed by atoms with Crippen LogP contribution in [0, 0.1) is 27.9 Å². The van der Waals surface area contributed by atoms with E-state index in [0.29, 0.717) is 30.0 Å². The molecule has 0 radical (unpaired) electrons. The van der Waals surface area contributed by atoms with Crippen LogP contribution in [0.3, 0.4) is 0 Å². The molecule has 3 amide bonds. The van der Waals surface area contributed by atoms with Gasteiger partial charge in [-0.25, -0.2) is 4.98 Å². The van der Waals surface area contributed by atoms with Crippen LogP contribution in [0.15, 0.2) is 61.1 Å². The van der Waals surface area contributed by atoms with Crippen LogP contribution in [-0.4, -0.2) is 80.9 Å². The predicted octanol–water partition coefficient (Wildman–Crippen LogP) is 3.26. The smallest absolute Gasteiger partial charge is 0.269 e. The van der Waals surface area contributed by atoms with Gasteiger partial charge in [-0.1, -0.05) is 76.3 Å². The first kappa shape index (κ1) is 41.0. The van der Waals surface area contributed by atoms with E-state index in [2.05, 4.69) is 25.9 Å². The molecule has 6 atom stereocenters. The number of nitrogens with one attached hydrogen (secondary N) is 4. The van der Waals surface area contributed by atoms with E-state index in [4.69, 9.17) is 10.5 Å². The Hall–Kier alpha value is -5.15. The zero-order valence-electron chi connectivity index (χ0n) is 31.4. The van der Waals surface area contributed by atoms with E-state index in [1.165, 1.54) is 24.5 Å². The number of H-pyrrole nitrogens is 1. The fourth-order valence-corrected chi connectivity index (χ4v) is 7.49. The van der Waals surface area contributed by atoms with Gasteiger partial charge in [0.2, 0.25) is 17.7 Å². The molecule has 2 aliphatic rings. The van der Waals surface area contributed by atoms with Crippen molar-refractivity contribution in [2.24, 2.45) is 23.5 Å². The Balaban J connectivity index is 1.39. The summed E-state index contributed by atoms with van der Waals surface area (Å²) in [5.41, 5.74) is 8.07. The molecular weight excluding hydrogens is 706 g/mol. The number of ketones is 1. The minimum Gasteiger partial charge on any atom is -0.493 e. The zero-order valence-corrected chi connectivity index (χ0v) is 31.4. The van der Waals surface area contributed by atoms with Crippen LogP contribution in [0.25, 0.3) is 0 Å². The normalized spacial score (nSPS) is 18.2. The van der Waals surface area contributed by atoms with Crippen LogP contribution in [0.1, 0.15) is 81.5 Å². The lowest BCUT2D eigenvalue weighted by molar-refractivity contribution is -0.384. The summed E-state index contributed by atoms with van der Waals surface area (Å²) in [4.78, 5) is 73.6. The van der Waals surface area contributed by atoms with Gasteiger partial charge in [0.15, 0.2) is 5.78 Å². The summed E-state index contributed by atoms with van der Waals surface area (Å²) in [6.07, 6.45) is 6.60. The Morgan fingerprint density at radius 2 is 1.76 bits per heavy atom. The number of imidazole rings is 1. The second-order valence-electron chi connectivity index (χ2n) is 15.2. The molecule has 296 valence electrons. The van der Waals surface area contributed by atoms with Gasteiger partial charge in [-0.05, 0) is 29.9 Å². The number of carbonyl (C=O) groups excluding carboxylic acids is 4. The third kappa shape index (κ3) is 11.4. The number of ether oxygens (including phenoxy) is 1. The molecule has 2 aromatic carbocycles. The highest BCUT2D eigenvalue weighted by Gasteiger charge is 2.40. The molecule has 2 heterocycles. The van der Waals surface area contributed by atoms with Gasteiger partial charge in [0.05, 0.1) is 30.0 Å². The van der Waals surface area contributed by atoms with Crippen LogP contribution in [-0.2, 0) is 32.0 Å². The van der Waals surface area contributed by atoms with E-state index >= 15 is 0 Å². The molecule has 55 heavy (non-hydrogen) atoms. The molecule has 1 aliphatic carbocycles. The molecule has 2 unspecified atom stereocenters. The van der Waals surface area contributed by atoms with E-state index in [-0.39, 0.29) is 43.4 Å². The predicted molar refractivity (Wildman–Crippen MR) is 204 cm³/mol. The molecule has 15 heteroatoms. The van der Waals surface area contributed by atoms with Crippen molar-refractivity contribution in [3.05, 3.63) is 88.0 Å². The van der Waals surface area contributed by atoms with Crippen LogP contribution in [0.5, 0.6) is 5.75 Å². The highest BCUT2D eigenvalue weighted by molar-refractivity contribution is 5.95. The third-order valence-corrected chi connectivity index (χ3v) is 10.5. The monoisotopic (exact) mass is 759 g/mol.